The van der Waals surface area contributed by atoms with E-state index >= 15 is 0 Å². The Bertz CT molecular complexity index is 1120. The number of hydrogen-bond donors (Lipinski definition) is 1. The molecule has 1 aliphatic heterocycles. The number of aromatic nitrogens is 3. The molecule has 0 atom stereocenters. The lowest BCUT2D eigenvalue weighted by molar-refractivity contribution is -0.120. The van der Waals surface area contributed by atoms with Gasteiger partial charge in [0, 0.05) is 24.6 Å². The van der Waals surface area contributed by atoms with Crippen LogP contribution in [-0.2, 0) is 4.79 Å². The van der Waals surface area contributed by atoms with Crippen LogP contribution in [0.15, 0.2) is 66.7 Å². The second-order valence-electron chi connectivity index (χ2n) is 7.38. The molecule has 0 saturated carbocycles. The summed E-state index contributed by atoms with van der Waals surface area (Å²) in [4.78, 5) is 19.4. The maximum Gasteiger partial charge on any atom is 0.229 e. The van der Waals surface area contributed by atoms with Crippen LogP contribution < -0.4 is 10.2 Å². The number of hydrogen-bond acceptors (Lipinski definition) is 6. The van der Waals surface area contributed by atoms with Crippen LogP contribution in [0.5, 0.6) is 0 Å². The van der Waals surface area contributed by atoms with Gasteiger partial charge in [0.25, 0.3) is 0 Å². The van der Waals surface area contributed by atoms with E-state index in [4.69, 9.17) is 0 Å². The summed E-state index contributed by atoms with van der Waals surface area (Å²) in [6.45, 7) is 1.58. The molecule has 30 heavy (non-hydrogen) atoms. The van der Waals surface area contributed by atoms with Gasteiger partial charge >= 0.3 is 0 Å². The van der Waals surface area contributed by atoms with Gasteiger partial charge in [0.2, 0.25) is 5.91 Å². The van der Waals surface area contributed by atoms with Crippen molar-refractivity contribution in [2.75, 3.05) is 23.3 Å². The van der Waals surface area contributed by atoms with Crippen molar-refractivity contribution in [1.82, 2.24) is 15.2 Å². The Balaban J connectivity index is 1.19. The zero-order valence-corrected chi connectivity index (χ0v) is 17.2. The van der Waals surface area contributed by atoms with Crippen LogP contribution in [0.1, 0.15) is 12.8 Å². The number of rotatable bonds is 4. The van der Waals surface area contributed by atoms with E-state index in [1.807, 2.05) is 66.7 Å². The number of amides is 1. The van der Waals surface area contributed by atoms with E-state index in [-0.39, 0.29) is 11.8 Å². The van der Waals surface area contributed by atoms with Gasteiger partial charge in [0.1, 0.15) is 0 Å². The highest BCUT2D eigenvalue weighted by molar-refractivity contribution is 7.22. The van der Waals surface area contributed by atoms with Gasteiger partial charge < -0.3 is 10.2 Å². The average molecular weight is 416 g/mol. The smallest absolute Gasteiger partial charge is 0.229 e. The van der Waals surface area contributed by atoms with E-state index < -0.39 is 0 Å². The number of thiazole rings is 1. The molecule has 0 radical (unpaired) electrons. The molecular formula is C23H21N5OS. The lowest BCUT2D eigenvalue weighted by Gasteiger charge is -2.31. The summed E-state index contributed by atoms with van der Waals surface area (Å²) in [5, 5.41) is 12.5. The van der Waals surface area contributed by atoms with Gasteiger partial charge in [-0.1, -0.05) is 53.8 Å². The Morgan fingerprint density at radius 1 is 0.933 bits per heavy atom. The van der Waals surface area contributed by atoms with Crippen LogP contribution in [0.2, 0.25) is 0 Å². The Labute approximate surface area is 178 Å². The summed E-state index contributed by atoms with van der Waals surface area (Å²) in [6.07, 6.45) is 1.58. The predicted octanol–water partition coefficient (Wildman–Crippen LogP) is 4.61. The average Bonchev–Trinajstić information content (AvgIpc) is 3.22. The molecule has 1 fully saturated rings. The molecule has 0 bridgehead atoms. The molecule has 0 spiro atoms. The van der Waals surface area contributed by atoms with Crippen molar-refractivity contribution in [1.29, 1.82) is 0 Å². The van der Waals surface area contributed by atoms with Crippen molar-refractivity contribution in [2.45, 2.75) is 12.8 Å². The topological polar surface area (TPSA) is 71.0 Å². The molecule has 150 valence electrons. The standard InChI is InChI=1S/C23H21N5OS/c29-22(25-23-24-19-8-4-5-9-20(19)30-23)17-12-14-28(15-13-17)21-11-10-18(26-27-21)16-6-2-1-3-7-16/h1-11,17H,12-15H2,(H,24,25,29). The number of carbonyl (C=O) groups excluding carboxylic acids is 1. The normalized spacial score (nSPS) is 14.7. The van der Waals surface area contributed by atoms with Gasteiger partial charge in [0.15, 0.2) is 10.9 Å². The molecule has 1 aliphatic rings. The Morgan fingerprint density at radius 3 is 2.43 bits per heavy atom. The van der Waals surface area contributed by atoms with E-state index in [2.05, 4.69) is 25.4 Å². The largest absolute Gasteiger partial charge is 0.355 e. The number of piperidine rings is 1. The van der Waals surface area contributed by atoms with Gasteiger partial charge in [-0.2, -0.15) is 0 Å². The quantitative estimate of drug-likeness (QED) is 0.527. The first-order valence-corrected chi connectivity index (χ1v) is 10.9. The molecule has 1 saturated heterocycles. The third-order valence-electron chi connectivity index (χ3n) is 5.43. The minimum absolute atomic E-state index is 0.00943. The summed E-state index contributed by atoms with van der Waals surface area (Å²) in [6, 6.07) is 22.0. The zero-order valence-electron chi connectivity index (χ0n) is 16.4. The second-order valence-corrected chi connectivity index (χ2v) is 8.41. The van der Waals surface area contributed by atoms with Crippen molar-refractivity contribution in [3.05, 3.63) is 66.7 Å². The number of nitrogens with zero attached hydrogens (tertiary/aromatic N) is 4. The van der Waals surface area contributed by atoms with E-state index in [1.54, 1.807) is 0 Å². The van der Waals surface area contributed by atoms with Gasteiger partial charge in [-0.25, -0.2) is 4.98 Å². The van der Waals surface area contributed by atoms with Crippen molar-refractivity contribution >= 4 is 38.4 Å². The van der Waals surface area contributed by atoms with Gasteiger partial charge in [-0.15, -0.1) is 10.2 Å². The number of para-hydroxylation sites is 1. The first kappa shape index (κ1) is 18.7. The van der Waals surface area contributed by atoms with Crippen LogP contribution in [-0.4, -0.2) is 34.2 Å². The summed E-state index contributed by atoms with van der Waals surface area (Å²) < 4.78 is 1.08. The van der Waals surface area contributed by atoms with Gasteiger partial charge in [0.05, 0.1) is 15.9 Å². The van der Waals surface area contributed by atoms with E-state index in [0.717, 1.165) is 53.2 Å². The molecule has 1 N–H and O–H groups in total. The molecule has 0 unspecified atom stereocenters. The molecular weight excluding hydrogens is 394 g/mol. The fourth-order valence-electron chi connectivity index (χ4n) is 3.76. The number of anilines is 2. The van der Waals surface area contributed by atoms with Crippen molar-refractivity contribution in [2.24, 2.45) is 5.92 Å². The summed E-state index contributed by atoms with van der Waals surface area (Å²) in [7, 11) is 0. The molecule has 5 rings (SSSR count). The van der Waals surface area contributed by atoms with Crippen molar-refractivity contribution in [3.63, 3.8) is 0 Å². The fraction of sp³-hybridized carbons (Fsp3) is 0.217. The third kappa shape index (κ3) is 3.89. The lowest BCUT2D eigenvalue weighted by Crippen LogP contribution is -2.38. The van der Waals surface area contributed by atoms with Crippen molar-refractivity contribution in [3.8, 4) is 11.3 Å². The first-order chi connectivity index (χ1) is 14.8. The molecule has 2 aromatic heterocycles. The number of fused-ring (bicyclic) bond motifs is 1. The molecule has 4 aromatic rings. The van der Waals surface area contributed by atoms with Crippen LogP contribution in [0, 0.1) is 5.92 Å². The van der Waals surface area contributed by atoms with Crippen LogP contribution in [0.4, 0.5) is 10.9 Å². The number of benzene rings is 2. The highest BCUT2D eigenvalue weighted by Crippen LogP contribution is 2.28. The minimum Gasteiger partial charge on any atom is -0.355 e. The Kier molecular flexibility index (Phi) is 5.11. The SMILES string of the molecule is O=C(Nc1nc2ccccc2s1)C1CCN(c2ccc(-c3ccccc3)nn2)CC1. The molecule has 2 aromatic carbocycles. The number of carbonyl (C=O) groups is 1. The highest BCUT2D eigenvalue weighted by atomic mass is 32.1. The molecule has 7 heteroatoms. The first-order valence-electron chi connectivity index (χ1n) is 10.1. The Morgan fingerprint density at radius 2 is 1.70 bits per heavy atom. The second kappa shape index (κ2) is 8.20. The van der Waals surface area contributed by atoms with Crippen molar-refractivity contribution < 1.29 is 4.79 Å². The summed E-state index contributed by atoms with van der Waals surface area (Å²) in [5.74, 6) is 0.906. The molecule has 1 amide bonds. The van der Waals surface area contributed by atoms with Crippen LogP contribution in [0.3, 0.4) is 0 Å². The highest BCUT2D eigenvalue weighted by Gasteiger charge is 2.26. The van der Waals surface area contributed by atoms with E-state index in [0.29, 0.717) is 5.13 Å². The van der Waals surface area contributed by atoms with E-state index in [1.165, 1.54) is 11.3 Å². The van der Waals surface area contributed by atoms with Crippen LogP contribution in [0.25, 0.3) is 21.5 Å². The maximum absolute atomic E-state index is 12.7. The monoisotopic (exact) mass is 415 g/mol. The third-order valence-corrected chi connectivity index (χ3v) is 6.39. The molecule has 3 heterocycles. The van der Waals surface area contributed by atoms with E-state index in [9.17, 15) is 4.79 Å². The van der Waals surface area contributed by atoms with Gasteiger partial charge in [-0.3, -0.25) is 4.79 Å². The van der Waals surface area contributed by atoms with Crippen LogP contribution >= 0.6 is 11.3 Å². The zero-order chi connectivity index (χ0) is 20.3. The molecule has 0 aliphatic carbocycles. The predicted molar refractivity (Wildman–Crippen MR) is 121 cm³/mol. The minimum atomic E-state index is -0.00943. The molecule has 6 nitrogen and oxygen atoms in total. The summed E-state index contributed by atoms with van der Waals surface area (Å²) in [5.41, 5.74) is 2.84. The lowest BCUT2D eigenvalue weighted by atomic mass is 9.96. The van der Waals surface area contributed by atoms with Gasteiger partial charge in [-0.05, 0) is 37.1 Å². The fourth-order valence-corrected chi connectivity index (χ4v) is 4.63. The maximum atomic E-state index is 12.7. The summed E-state index contributed by atoms with van der Waals surface area (Å²) >= 11 is 1.51. The number of nitrogens with one attached hydrogen (secondary N) is 1. The Hall–Kier alpha value is -3.32.